The van der Waals surface area contributed by atoms with Gasteiger partial charge in [0.2, 0.25) is 0 Å². The van der Waals surface area contributed by atoms with Crippen LogP contribution in [0.15, 0.2) is 18.5 Å². The second kappa shape index (κ2) is 4.73. The molecular formula is C14H21FN2. The summed E-state index contributed by atoms with van der Waals surface area (Å²) in [6, 6.07) is 1.72. The van der Waals surface area contributed by atoms with Gasteiger partial charge < -0.3 is 5.32 Å². The molecule has 1 aliphatic rings. The molecule has 1 atom stereocenters. The molecule has 0 amide bonds. The Morgan fingerprint density at radius 3 is 2.59 bits per heavy atom. The van der Waals surface area contributed by atoms with Crippen molar-refractivity contribution in [2.45, 2.75) is 39.7 Å². The summed E-state index contributed by atoms with van der Waals surface area (Å²) >= 11 is 0. The first-order valence-corrected chi connectivity index (χ1v) is 6.37. The van der Waals surface area contributed by atoms with E-state index in [1.165, 1.54) is 19.0 Å². The number of pyridine rings is 1. The normalized spacial score (nSPS) is 19.4. The van der Waals surface area contributed by atoms with Crippen molar-refractivity contribution in [1.82, 2.24) is 10.3 Å². The number of aromatic nitrogens is 1. The van der Waals surface area contributed by atoms with Gasteiger partial charge in [-0.2, -0.15) is 0 Å². The van der Waals surface area contributed by atoms with Crippen molar-refractivity contribution in [2.24, 2.45) is 11.3 Å². The molecule has 17 heavy (non-hydrogen) atoms. The van der Waals surface area contributed by atoms with E-state index in [4.69, 9.17) is 0 Å². The zero-order valence-electron chi connectivity index (χ0n) is 10.8. The number of halogens is 1. The lowest BCUT2D eigenvalue weighted by molar-refractivity contribution is 0.324. The van der Waals surface area contributed by atoms with Crippen LogP contribution in [0.2, 0.25) is 0 Å². The van der Waals surface area contributed by atoms with Crippen molar-refractivity contribution in [1.29, 1.82) is 0 Å². The number of nitrogens with one attached hydrogen (secondary N) is 1. The van der Waals surface area contributed by atoms with E-state index in [0.717, 1.165) is 12.1 Å². The molecule has 3 heteroatoms. The van der Waals surface area contributed by atoms with E-state index in [1.54, 1.807) is 12.3 Å². The van der Waals surface area contributed by atoms with Gasteiger partial charge in [-0.1, -0.05) is 13.8 Å². The highest BCUT2D eigenvalue weighted by Gasteiger charge is 2.44. The molecule has 1 heterocycles. The molecule has 1 unspecified atom stereocenters. The largest absolute Gasteiger partial charge is 0.310 e. The standard InChI is InChI=1S/C14H21FN2/c1-10(2)14(4-5-14)9-17-11(3)12-6-13(15)8-16-7-12/h6-8,10-11,17H,4-5,9H2,1-3H3. The van der Waals surface area contributed by atoms with Gasteiger partial charge >= 0.3 is 0 Å². The van der Waals surface area contributed by atoms with E-state index >= 15 is 0 Å². The SMILES string of the molecule is CC(NCC1(C(C)C)CC1)c1cncc(F)c1. The molecule has 1 aromatic rings. The van der Waals surface area contributed by atoms with Gasteiger partial charge in [0.15, 0.2) is 0 Å². The molecule has 0 saturated heterocycles. The van der Waals surface area contributed by atoms with Crippen LogP contribution < -0.4 is 5.32 Å². The molecule has 1 saturated carbocycles. The summed E-state index contributed by atoms with van der Waals surface area (Å²) in [6.45, 7) is 7.64. The summed E-state index contributed by atoms with van der Waals surface area (Å²) in [5, 5.41) is 3.50. The lowest BCUT2D eigenvalue weighted by atomic mass is 9.92. The van der Waals surface area contributed by atoms with E-state index in [9.17, 15) is 4.39 Å². The van der Waals surface area contributed by atoms with Crippen molar-refractivity contribution in [2.75, 3.05) is 6.54 Å². The molecule has 1 aliphatic carbocycles. The van der Waals surface area contributed by atoms with Crippen molar-refractivity contribution in [3.63, 3.8) is 0 Å². The Labute approximate surface area is 103 Å². The van der Waals surface area contributed by atoms with E-state index in [2.05, 4.69) is 31.1 Å². The van der Waals surface area contributed by atoms with Crippen LogP contribution in [0.4, 0.5) is 4.39 Å². The van der Waals surface area contributed by atoms with Crippen LogP contribution in [-0.2, 0) is 0 Å². The topological polar surface area (TPSA) is 24.9 Å². The average Bonchev–Trinajstić information content (AvgIpc) is 3.07. The van der Waals surface area contributed by atoms with E-state index in [-0.39, 0.29) is 11.9 Å². The Bertz CT molecular complexity index is 386. The van der Waals surface area contributed by atoms with Gasteiger partial charge in [0.1, 0.15) is 5.82 Å². The van der Waals surface area contributed by atoms with E-state index in [1.807, 2.05) is 0 Å². The third-order valence-corrected chi connectivity index (χ3v) is 4.10. The third kappa shape index (κ3) is 2.83. The Morgan fingerprint density at radius 1 is 1.35 bits per heavy atom. The van der Waals surface area contributed by atoms with Gasteiger partial charge in [-0.05, 0) is 42.7 Å². The fourth-order valence-corrected chi connectivity index (χ4v) is 2.26. The van der Waals surface area contributed by atoms with Crippen LogP contribution in [-0.4, -0.2) is 11.5 Å². The van der Waals surface area contributed by atoms with Crippen molar-refractivity contribution >= 4 is 0 Å². The zero-order chi connectivity index (χ0) is 12.5. The molecule has 1 fully saturated rings. The smallest absolute Gasteiger partial charge is 0.141 e. The highest BCUT2D eigenvalue weighted by atomic mass is 19.1. The Balaban J connectivity index is 1.92. The van der Waals surface area contributed by atoms with Crippen molar-refractivity contribution in [3.8, 4) is 0 Å². The average molecular weight is 236 g/mol. The van der Waals surface area contributed by atoms with Crippen LogP contribution in [0.3, 0.4) is 0 Å². The first-order valence-electron chi connectivity index (χ1n) is 6.37. The van der Waals surface area contributed by atoms with Crippen LogP contribution in [0.1, 0.15) is 45.2 Å². The summed E-state index contributed by atoms with van der Waals surface area (Å²) < 4.78 is 13.1. The molecule has 2 rings (SSSR count). The van der Waals surface area contributed by atoms with Gasteiger partial charge in [0.05, 0.1) is 6.20 Å². The molecule has 0 aliphatic heterocycles. The first-order chi connectivity index (χ1) is 8.03. The van der Waals surface area contributed by atoms with Crippen LogP contribution in [0.25, 0.3) is 0 Å². The number of rotatable bonds is 5. The van der Waals surface area contributed by atoms with E-state index < -0.39 is 0 Å². The first kappa shape index (κ1) is 12.5. The van der Waals surface area contributed by atoms with Crippen molar-refractivity contribution < 1.29 is 4.39 Å². The maximum atomic E-state index is 13.1. The molecule has 0 spiro atoms. The third-order valence-electron chi connectivity index (χ3n) is 4.10. The predicted octanol–water partition coefficient (Wildman–Crippen LogP) is 3.31. The maximum Gasteiger partial charge on any atom is 0.141 e. The molecule has 0 radical (unpaired) electrons. The van der Waals surface area contributed by atoms with E-state index in [0.29, 0.717) is 11.3 Å². The number of hydrogen-bond donors (Lipinski definition) is 1. The molecule has 0 bridgehead atoms. The summed E-state index contributed by atoms with van der Waals surface area (Å²) in [5.41, 5.74) is 1.40. The highest BCUT2D eigenvalue weighted by Crippen LogP contribution is 2.51. The summed E-state index contributed by atoms with van der Waals surface area (Å²) in [7, 11) is 0. The summed E-state index contributed by atoms with van der Waals surface area (Å²) in [5.74, 6) is 0.453. The van der Waals surface area contributed by atoms with Crippen LogP contribution in [0, 0.1) is 17.2 Å². The maximum absolute atomic E-state index is 13.1. The van der Waals surface area contributed by atoms with Gasteiger partial charge in [0.25, 0.3) is 0 Å². The molecular weight excluding hydrogens is 215 g/mol. The quantitative estimate of drug-likeness (QED) is 0.848. The van der Waals surface area contributed by atoms with Crippen LogP contribution in [0.5, 0.6) is 0 Å². The summed E-state index contributed by atoms with van der Waals surface area (Å²) in [4.78, 5) is 3.89. The van der Waals surface area contributed by atoms with Gasteiger partial charge in [0, 0.05) is 18.8 Å². The minimum atomic E-state index is -0.263. The zero-order valence-corrected chi connectivity index (χ0v) is 10.8. The Kier molecular flexibility index (Phi) is 3.48. The van der Waals surface area contributed by atoms with Gasteiger partial charge in [-0.3, -0.25) is 4.98 Å². The fourth-order valence-electron chi connectivity index (χ4n) is 2.26. The van der Waals surface area contributed by atoms with Crippen molar-refractivity contribution in [3.05, 3.63) is 29.8 Å². The summed E-state index contributed by atoms with van der Waals surface area (Å²) in [6.07, 6.45) is 5.60. The minimum Gasteiger partial charge on any atom is -0.310 e. The lowest BCUT2D eigenvalue weighted by Gasteiger charge is -2.23. The molecule has 1 aromatic heterocycles. The molecule has 1 N–H and O–H groups in total. The second-order valence-corrected chi connectivity index (χ2v) is 5.56. The second-order valence-electron chi connectivity index (χ2n) is 5.56. The lowest BCUT2D eigenvalue weighted by Crippen LogP contribution is -2.29. The molecule has 0 aromatic carbocycles. The number of hydrogen-bond acceptors (Lipinski definition) is 2. The monoisotopic (exact) mass is 236 g/mol. The predicted molar refractivity (Wildman–Crippen MR) is 67.1 cm³/mol. The van der Waals surface area contributed by atoms with Gasteiger partial charge in [-0.25, -0.2) is 4.39 Å². The fraction of sp³-hybridized carbons (Fsp3) is 0.643. The Morgan fingerprint density at radius 2 is 2.06 bits per heavy atom. The molecule has 2 nitrogen and oxygen atoms in total. The Hall–Kier alpha value is -0.960. The van der Waals surface area contributed by atoms with Gasteiger partial charge in [-0.15, -0.1) is 0 Å². The molecule has 94 valence electrons. The highest BCUT2D eigenvalue weighted by molar-refractivity contribution is 5.14. The number of nitrogens with zero attached hydrogens (tertiary/aromatic N) is 1. The minimum absolute atomic E-state index is 0.162. The van der Waals surface area contributed by atoms with Crippen LogP contribution >= 0.6 is 0 Å².